The van der Waals surface area contributed by atoms with Gasteiger partial charge < -0.3 is 15.2 Å². The van der Waals surface area contributed by atoms with Crippen LogP contribution in [-0.4, -0.2) is 40.9 Å². The molecular weight excluding hydrogens is 496 g/mol. The fourth-order valence-electron chi connectivity index (χ4n) is 2.78. The summed E-state index contributed by atoms with van der Waals surface area (Å²) in [4.78, 5) is 4.18. The van der Waals surface area contributed by atoms with Crippen LogP contribution in [-0.2, 0) is 24.6 Å². The molecule has 0 spiro atoms. The van der Waals surface area contributed by atoms with Crippen LogP contribution in [0.1, 0.15) is 37.7 Å². The monoisotopic (exact) mass is 524 g/mol. The third-order valence-corrected chi connectivity index (χ3v) is 4.55. The van der Waals surface area contributed by atoms with Crippen LogP contribution < -0.4 is 10.6 Å². The highest BCUT2D eigenvalue weighted by atomic mass is 127. The van der Waals surface area contributed by atoms with Gasteiger partial charge in [0.05, 0.1) is 5.56 Å². The van der Waals surface area contributed by atoms with E-state index in [2.05, 4.69) is 25.8 Å². The number of aryl methyl sites for hydroxylation is 1. The number of hydrogen-bond acceptors (Lipinski definition) is 3. The van der Waals surface area contributed by atoms with Gasteiger partial charge in [0.25, 0.3) is 0 Å². The van der Waals surface area contributed by atoms with E-state index in [4.69, 9.17) is 0 Å². The van der Waals surface area contributed by atoms with E-state index in [1.165, 1.54) is 12.1 Å². The zero-order valence-corrected chi connectivity index (χ0v) is 19.4. The number of hydrogen-bond donors (Lipinski definition) is 2. The maximum atomic E-state index is 13.0. The molecule has 0 aliphatic carbocycles. The van der Waals surface area contributed by atoms with E-state index in [9.17, 15) is 13.2 Å². The van der Waals surface area contributed by atoms with Gasteiger partial charge in [-0.3, -0.25) is 4.99 Å². The molecule has 0 atom stereocenters. The molecule has 1 heterocycles. The fraction of sp³-hybridized carbons (Fsp3) is 0.526. The van der Waals surface area contributed by atoms with E-state index < -0.39 is 17.2 Å². The average molecular weight is 524 g/mol. The van der Waals surface area contributed by atoms with Crippen LogP contribution >= 0.6 is 24.0 Å². The highest BCUT2D eigenvalue weighted by Crippen LogP contribution is 2.32. The third kappa shape index (κ3) is 7.16. The van der Waals surface area contributed by atoms with Crippen molar-refractivity contribution in [3.05, 3.63) is 47.5 Å². The summed E-state index contributed by atoms with van der Waals surface area (Å²) < 4.78 is 40.9. The Hall–Kier alpha value is -1.85. The highest BCUT2D eigenvalue weighted by molar-refractivity contribution is 14.0. The average Bonchev–Trinajstić information content (AvgIpc) is 3.11. The SMILES string of the molecule is CCc1nncn1CCNC(=NC)NCC(C)(C)c1cccc(C(F)(F)F)c1.I. The lowest BCUT2D eigenvalue weighted by Crippen LogP contribution is -2.44. The Morgan fingerprint density at radius 3 is 2.48 bits per heavy atom. The van der Waals surface area contributed by atoms with Crippen molar-refractivity contribution in [2.24, 2.45) is 4.99 Å². The fourth-order valence-corrected chi connectivity index (χ4v) is 2.78. The van der Waals surface area contributed by atoms with Crippen molar-refractivity contribution in [3.63, 3.8) is 0 Å². The lowest BCUT2D eigenvalue weighted by Gasteiger charge is -2.27. The minimum absolute atomic E-state index is 0. The van der Waals surface area contributed by atoms with Gasteiger partial charge in [0, 0.05) is 38.5 Å². The van der Waals surface area contributed by atoms with Crippen LogP contribution in [0, 0.1) is 0 Å². The van der Waals surface area contributed by atoms with Crippen molar-refractivity contribution in [1.29, 1.82) is 0 Å². The van der Waals surface area contributed by atoms with Gasteiger partial charge in [-0.25, -0.2) is 0 Å². The summed E-state index contributed by atoms with van der Waals surface area (Å²) in [5.74, 6) is 1.50. The number of aromatic nitrogens is 3. The molecule has 0 amide bonds. The van der Waals surface area contributed by atoms with Crippen molar-refractivity contribution in [1.82, 2.24) is 25.4 Å². The van der Waals surface area contributed by atoms with Gasteiger partial charge in [-0.1, -0.05) is 39.0 Å². The summed E-state index contributed by atoms with van der Waals surface area (Å²) >= 11 is 0. The molecule has 2 rings (SSSR count). The molecule has 1 aromatic carbocycles. The molecule has 1 aromatic heterocycles. The number of alkyl halides is 3. The van der Waals surface area contributed by atoms with Crippen LogP contribution in [0.15, 0.2) is 35.6 Å². The second-order valence-electron chi connectivity index (χ2n) is 7.11. The molecule has 6 nitrogen and oxygen atoms in total. The summed E-state index contributed by atoms with van der Waals surface area (Å²) in [6.07, 6.45) is -1.86. The van der Waals surface area contributed by atoms with Gasteiger partial charge in [-0.05, 0) is 11.6 Å². The van der Waals surface area contributed by atoms with E-state index >= 15 is 0 Å². The smallest absolute Gasteiger partial charge is 0.356 e. The number of rotatable bonds is 7. The number of guanidine groups is 1. The Morgan fingerprint density at radius 2 is 1.86 bits per heavy atom. The number of nitrogens with zero attached hydrogens (tertiary/aromatic N) is 4. The van der Waals surface area contributed by atoms with Gasteiger partial charge in [-0.15, -0.1) is 34.2 Å². The summed E-state index contributed by atoms with van der Waals surface area (Å²) in [6, 6.07) is 5.45. The Kier molecular flexibility index (Phi) is 9.37. The van der Waals surface area contributed by atoms with Crippen LogP contribution in [0.4, 0.5) is 13.2 Å². The van der Waals surface area contributed by atoms with Gasteiger partial charge in [0.1, 0.15) is 12.2 Å². The summed E-state index contributed by atoms with van der Waals surface area (Å²) in [7, 11) is 1.66. The highest BCUT2D eigenvalue weighted by Gasteiger charge is 2.32. The van der Waals surface area contributed by atoms with Crippen molar-refractivity contribution in [2.45, 2.75) is 45.3 Å². The largest absolute Gasteiger partial charge is 0.416 e. The molecule has 162 valence electrons. The Morgan fingerprint density at radius 1 is 1.17 bits per heavy atom. The van der Waals surface area contributed by atoms with E-state index in [1.54, 1.807) is 19.4 Å². The number of halogens is 4. The first kappa shape index (κ1) is 25.2. The maximum absolute atomic E-state index is 13.0. The first-order chi connectivity index (χ1) is 13.2. The second kappa shape index (κ2) is 10.8. The van der Waals surface area contributed by atoms with E-state index in [1.807, 2.05) is 25.3 Å². The minimum Gasteiger partial charge on any atom is -0.356 e. The molecule has 0 bridgehead atoms. The minimum atomic E-state index is -4.35. The normalized spacial score (nSPS) is 12.4. The number of nitrogens with one attached hydrogen (secondary N) is 2. The van der Waals surface area contributed by atoms with Crippen LogP contribution in [0.5, 0.6) is 0 Å². The van der Waals surface area contributed by atoms with Crippen LogP contribution in [0.3, 0.4) is 0 Å². The van der Waals surface area contributed by atoms with E-state index in [0.717, 1.165) is 18.3 Å². The quantitative estimate of drug-likeness (QED) is 0.330. The van der Waals surface area contributed by atoms with Crippen molar-refractivity contribution >= 4 is 29.9 Å². The molecule has 29 heavy (non-hydrogen) atoms. The first-order valence-corrected chi connectivity index (χ1v) is 9.16. The van der Waals surface area contributed by atoms with Gasteiger partial charge in [0.15, 0.2) is 5.96 Å². The van der Waals surface area contributed by atoms with Crippen molar-refractivity contribution in [2.75, 3.05) is 20.1 Å². The van der Waals surface area contributed by atoms with Gasteiger partial charge >= 0.3 is 6.18 Å². The Labute approximate surface area is 186 Å². The zero-order chi connectivity index (χ0) is 20.8. The molecule has 0 aliphatic rings. The topological polar surface area (TPSA) is 67.1 Å². The molecule has 0 fully saturated rings. The molecule has 0 saturated heterocycles. The summed E-state index contributed by atoms with van der Waals surface area (Å²) in [5, 5.41) is 14.3. The van der Waals surface area contributed by atoms with E-state index in [-0.39, 0.29) is 24.0 Å². The summed E-state index contributed by atoms with van der Waals surface area (Å²) in [6.45, 7) is 7.55. The molecular formula is C19H28F3IN6. The van der Waals surface area contributed by atoms with E-state index in [0.29, 0.717) is 31.2 Å². The molecule has 10 heteroatoms. The predicted octanol–water partition coefficient (Wildman–Crippen LogP) is 3.62. The second-order valence-corrected chi connectivity index (χ2v) is 7.11. The standard InChI is InChI=1S/C19H27F3N6.HI/c1-5-16-27-26-13-28(16)10-9-24-17(23-4)25-12-18(2,3)14-7-6-8-15(11-14)19(20,21)22;/h6-8,11,13H,5,9-10,12H2,1-4H3,(H2,23,24,25);1H. The van der Waals surface area contributed by atoms with Crippen molar-refractivity contribution in [3.8, 4) is 0 Å². The van der Waals surface area contributed by atoms with Crippen molar-refractivity contribution < 1.29 is 13.2 Å². The summed E-state index contributed by atoms with van der Waals surface area (Å²) in [5.41, 5.74) is -0.536. The molecule has 0 aliphatic heterocycles. The molecule has 0 saturated carbocycles. The number of aliphatic imine (C=N–C) groups is 1. The van der Waals surface area contributed by atoms with Gasteiger partial charge in [-0.2, -0.15) is 13.2 Å². The van der Waals surface area contributed by atoms with Gasteiger partial charge in [0.2, 0.25) is 0 Å². The molecule has 0 unspecified atom stereocenters. The molecule has 2 N–H and O–H groups in total. The Balaban J connectivity index is 0.00000420. The maximum Gasteiger partial charge on any atom is 0.416 e. The lowest BCUT2D eigenvalue weighted by molar-refractivity contribution is -0.137. The predicted molar refractivity (Wildman–Crippen MR) is 119 cm³/mol. The van der Waals surface area contributed by atoms with Crippen LogP contribution in [0.2, 0.25) is 0 Å². The molecule has 0 radical (unpaired) electrons. The lowest BCUT2D eigenvalue weighted by atomic mass is 9.84. The first-order valence-electron chi connectivity index (χ1n) is 9.16. The molecule has 2 aromatic rings. The third-order valence-electron chi connectivity index (χ3n) is 4.55. The van der Waals surface area contributed by atoms with Crippen LogP contribution in [0.25, 0.3) is 0 Å². The zero-order valence-electron chi connectivity index (χ0n) is 17.0. The number of benzene rings is 1. The Bertz CT molecular complexity index is 801.